The fourth-order valence-electron chi connectivity index (χ4n) is 16.7. The van der Waals surface area contributed by atoms with E-state index in [0.29, 0.717) is 0 Å². The maximum atomic E-state index is 5.39. The molecule has 0 aliphatic heterocycles. The summed E-state index contributed by atoms with van der Waals surface area (Å²) in [6.07, 6.45) is 3.74. The molecule has 0 unspecified atom stereocenters. The van der Waals surface area contributed by atoms with Crippen LogP contribution in [-0.2, 0) is 0 Å². The number of aromatic nitrogens is 10. The van der Waals surface area contributed by atoms with E-state index in [1.807, 2.05) is 54.9 Å². The third-order valence-corrected chi connectivity index (χ3v) is 21.9. The van der Waals surface area contributed by atoms with Crippen LogP contribution in [0.3, 0.4) is 0 Å². The standard InChI is InChI=1S/C53H31N5.C49H29N5/c1-3-12-32(13-4-1)47-38-16-7-9-19-43(38)57-52-41(47)25-21-34-23-29-45(55-49(34)52)36-27-28-40(51-37(36)18-11-31-54-51)46-30-24-35-22-26-42-48(33-14-5-2-6-15-33)39-17-8-10-20-44(39)58-53(42)50(35)56-46;1-3-11-30(12-4-1)44-35-15-7-9-17-40(35)52-48-37(44)24-19-32-21-26-39(51-46(32)48)34-23-27-42(50-29-34)43-28-22-33-20-25-38-45(31-13-5-2-6-14-31)36-16-8-10-18-41(36)53-49(38)47(33)54-43/h1-31H;1-29H. The van der Waals surface area contributed by atoms with Crippen molar-refractivity contribution in [2.24, 2.45) is 0 Å². The first-order valence-corrected chi connectivity index (χ1v) is 37.6. The van der Waals surface area contributed by atoms with Gasteiger partial charge in [0.05, 0.1) is 100 Å². The predicted octanol–water partition coefficient (Wildman–Crippen LogP) is 25.7. The average Bonchev–Trinajstić information content (AvgIpc) is 0.750. The Kier molecular flexibility index (Phi) is 15.0. The minimum absolute atomic E-state index is 0.786. The molecule has 10 heterocycles. The van der Waals surface area contributed by atoms with Gasteiger partial charge in [0, 0.05) is 121 Å². The van der Waals surface area contributed by atoms with Crippen molar-refractivity contribution in [3.8, 4) is 89.7 Å². The lowest BCUT2D eigenvalue weighted by molar-refractivity contribution is 1.27. The lowest BCUT2D eigenvalue weighted by atomic mass is 9.94. The second-order valence-corrected chi connectivity index (χ2v) is 28.4. The van der Waals surface area contributed by atoms with Crippen LogP contribution in [0.4, 0.5) is 0 Å². The van der Waals surface area contributed by atoms with Gasteiger partial charge in [-0.15, -0.1) is 0 Å². The van der Waals surface area contributed by atoms with E-state index in [4.69, 9.17) is 49.8 Å². The Morgan fingerprint density at radius 2 is 0.455 bits per heavy atom. The van der Waals surface area contributed by atoms with Gasteiger partial charge in [-0.3, -0.25) is 9.97 Å². The van der Waals surface area contributed by atoms with Crippen LogP contribution in [0.2, 0.25) is 0 Å². The molecule has 112 heavy (non-hydrogen) atoms. The van der Waals surface area contributed by atoms with Gasteiger partial charge in [-0.2, -0.15) is 0 Å². The Bertz CT molecular complexity index is 7340. The molecule has 10 nitrogen and oxygen atoms in total. The van der Waals surface area contributed by atoms with Crippen molar-refractivity contribution in [3.05, 3.63) is 364 Å². The first-order valence-electron chi connectivity index (χ1n) is 37.6. The Hall–Kier alpha value is -15.3. The van der Waals surface area contributed by atoms with E-state index >= 15 is 0 Å². The first-order chi connectivity index (χ1) is 55.5. The number of pyridine rings is 10. The number of para-hydroxylation sites is 4. The van der Waals surface area contributed by atoms with Gasteiger partial charge in [-0.05, 0) is 95.1 Å². The number of rotatable bonds is 8. The number of nitrogens with zero attached hydrogens (tertiary/aromatic N) is 10. The van der Waals surface area contributed by atoms with Crippen molar-refractivity contribution in [1.82, 2.24) is 49.8 Å². The van der Waals surface area contributed by atoms with E-state index in [9.17, 15) is 0 Å². The molecule has 23 aromatic rings. The summed E-state index contributed by atoms with van der Waals surface area (Å²) in [7, 11) is 0. The monoisotopic (exact) mass is 1420 g/mol. The van der Waals surface area contributed by atoms with E-state index in [-0.39, 0.29) is 0 Å². The first kappa shape index (κ1) is 64.0. The molecule has 0 aliphatic carbocycles. The van der Waals surface area contributed by atoms with Gasteiger partial charge in [-0.25, -0.2) is 39.9 Å². The molecule has 10 heteroatoms. The molecule has 0 bridgehead atoms. The molecule has 0 amide bonds. The van der Waals surface area contributed by atoms with Crippen LogP contribution >= 0.6 is 0 Å². The lowest BCUT2D eigenvalue weighted by Crippen LogP contribution is -1.95. The summed E-state index contributed by atoms with van der Waals surface area (Å²) in [4.78, 5) is 51.9. The normalized spacial score (nSPS) is 11.8. The zero-order chi connectivity index (χ0) is 73.7. The minimum Gasteiger partial charge on any atom is -0.256 e. The second-order valence-electron chi connectivity index (χ2n) is 28.4. The smallest absolute Gasteiger partial charge is 0.0978 e. The number of fused-ring (bicyclic) bond motifs is 17. The fraction of sp³-hybridized carbons (Fsp3) is 0. The van der Waals surface area contributed by atoms with Crippen molar-refractivity contribution in [3.63, 3.8) is 0 Å². The Morgan fingerprint density at radius 3 is 0.839 bits per heavy atom. The summed E-state index contributed by atoms with van der Waals surface area (Å²) in [5.74, 6) is 0. The highest BCUT2D eigenvalue weighted by molar-refractivity contribution is 6.21. The van der Waals surface area contributed by atoms with Crippen molar-refractivity contribution in [2.75, 3.05) is 0 Å². The molecule has 0 fully saturated rings. The van der Waals surface area contributed by atoms with Crippen LogP contribution in [0, 0.1) is 0 Å². The summed E-state index contributed by atoms with van der Waals surface area (Å²) in [5, 5.41) is 14.0. The third-order valence-electron chi connectivity index (χ3n) is 21.9. The minimum atomic E-state index is 0.786. The maximum absolute atomic E-state index is 5.39. The van der Waals surface area contributed by atoms with E-state index < -0.39 is 0 Å². The van der Waals surface area contributed by atoms with Crippen molar-refractivity contribution in [2.45, 2.75) is 0 Å². The largest absolute Gasteiger partial charge is 0.256 e. The summed E-state index contributed by atoms with van der Waals surface area (Å²) in [5.41, 5.74) is 28.0. The van der Waals surface area contributed by atoms with Crippen LogP contribution in [0.5, 0.6) is 0 Å². The van der Waals surface area contributed by atoms with E-state index in [0.717, 1.165) is 209 Å². The molecule has 0 atom stereocenters. The fourth-order valence-corrected chi connectivity index (χ4v) is 16.7. The Balaban J connectivity index is 0.000000138. The molecule has 0 N–H and O–H groups in total. The third kappa shape index (κ3) is 10.7. The highest BCUT2D eigenvalue weighted by Crippen LogP contribution is 2.45. The highest BCUT2D eigenvalue weighted by atomic mass is 14.8. The molecule has 518 valence electrons. The molecule has 0 spiro atoms. The summed E-state index contributed by atoms with van der Waals surface area (Å²) >= 11 is 0. The molecule has 13 aromatic carbocycles. The summed E-state index contributed by atoms with van der Waals surface area (Å²) in [6.45, 7) is 0. The number of hydrogen-bond acceptors (Lipinski definition) is 10. The molecule has 0 saturated heterocycles. The van der Waals surface area contributed by atoms with Crippen LogP contribution in [0.25, 0.3) is 231 Å². The molecule has 0 saturated carbocycles. The Morgan fingerprint density at radius 1 is 0.152 bits per heavy atom. The van der Waals surface area contributed by atoms with Crippen LogP contribution in [0.15, 0.2) is 364 Å². The lowest BCUT2D eigenvalue weighted by Gasteiger charge is -2.15. The van der Waals surface area contributed by atoms with Gasteiger partial charge < -0.3 is 0 Å². The molecule has 23 rings (SSSR count). The van der Waals surface area contributed by atoms with Gasteiger partial charge in [0.25, 0.3) is 0 Å². The summed E-state index contributed by atoms with van der Waals surface area (Å²) in [6, 6.07) is 122. The van der Waals surface area contributed by atoms with Crippen molar-refractivity contribution >= 4 is 142 Å². The zero-order valence-corrected chi connectivity index (χ0v) is 60.1. The van der Waals surface area contributed by atoms with Crippen LogP contribution in [0.1, 0.15) is 0 Å². The van der Waals surface area contributed by atoms with Gasteiger partial charge in [0.2, 0.25) is 0 Å². The Labute approximate surface area is 641 Å². The molecular formula is C102H60N10. The van der Waals surface area contributed by atoms with Crippen molar-refractivity contribution < 1.29 is 0 Å². The van der Waals surface area contributed by atoms with Gasteiger partial charge in [0.1, 0.15) is 0 Å². The number of benzene rings is 13. The predicted molar refractivity (Wildman–Crippen MR) is 462 cm³/mol. The maximum Gasteiger partial charge on any atom is 0.0978 e. The molecular weight excluding hydrogens is 1370 g/mol. The van der Waals surface area contributed by atoms with E-state index in [2.05, 4.69) is 309 Å². The SMILES string of the molecule is c1ccc(-c2c3ccccc3nc3c2ccc2ccc(-c4ccc(-c5ccc6ccc7c(-c8ccccc8)c8ccccc8nc7c6n5)c5ncccc45)nc23)cc1.c1ccc(-c2c3ccccc3nc3c2ccc2ccc(-c4ccc(-c5ccc6ccc7c(-c8ccccc8)c8ccccc8nc7c6n5)nc4)nc23)cc1. The van der Waals surface area contributed by atoms with E-state index in [1.165, 1.54) is 22.3 Å². The highest BCUT2D eigenvalue weighted by Gasteiger charge is 2.22. The average molecular weight is 1430 g/mol. The quantitative estimate of drug-likeness (QED) is 0.107. The van der Waals surface area contributed by atoms with Gasteiger partial charge in [-0.1, -0.05) is 279 Å². The summed E-state index contributed by atoms with van der Waals surface area (Å²) < 4.78 is 0. The molecule has 0 radical (unpaired) electrons. The van der Waals surface area contributed by atoms with Gasteiger partial charge >= 0.3 is 0 Å². The second kappa shape index (κ2) is 26.3. The van der Waals surface area contributed by atoms with Gasteiger partial charge in [0.15, 0.2) is 0 Å². The molecule has 0 aliphatic rings. The zero-order valence-electron chi connectivity index (χ0n) is 60.1. The van der Waals surface area contributed by atoms with Crippen molar-refractivity contribution in [1.29, 1.82) is 0 Å². The topological polar surface area (TPSA) is 129 Å². The van der Waals surface area contributed by atoms with E-state index in [1.54, 1.807) is 0 Å². The van der Waals surface area contributed by atoms with Crippen LogP contribution in [-0.4, -0.2) is 49.8 Å². The number of hydrogen-bond donors (Lipinski definition) is 0. The molecule has 10 aromatic heterocycles. The van der Waals surface area contributed by atoms with Crippen LogP contribution < -0.4 is 0 Å².